The highest BCUT2D eigenvalue weighted by Gasteiger charge is 2.15. The number of carboxylic acids is 2. The van der Waals surface area contributed by atoms with Crippen molar-refractivity contribution >= 4 is 11.9 Å². The number of aliphatic hydroxyl groups is 1. The van der Waals surface area contributed by atoms with Gasteiger partial charge in [-0.1, -0.05) is 0 Å². The van der Waals surface area contributed by atoms with Crippen LogP contribution in [0.1, 0.15) is 12.8 Å². The van der Waals surface area contributed by atoms with Crippen molar-refractivity contribution in [3.8, 4) is 0 Å². The van der Waals surface area contributed by atoms with Gasteiger partial charge in [0.05, 0.1) is 6.10 Å². The maximum Gasteiger partial charge on any atom is 0.414 e. The van der Waals surface area contributed by atoms with Gasteiger partial charge in [-0.05, 0) is 12.8 Å². The average Bonchev–Trinajstić information content (AvgIpc) is 2.22. The molecule has 0 bridgehead atoms. The molecule has 0 radical (unpaired) electrons. The van der Waals surface area contributed by atoms with Crippen molar-refractivity contribution in [1.82, 2.24) is 4.90 Å². The van der Waals surface area contributed by atoms with E-state index >= 15 is 0 Å². The molecule has 7 nitrogen and oxygen atoms in total. The summed E-state index contributed by atoms with van der Waals surface area (Å²) in [7, 11) is 0. The molecule has 0 aromatic heterocycles. The van der Waals surface area contributed by atoms with Crippen LogP contribution in [-0.4, -0.2) is 64.4 Å². The second-order valence-electron chi connectivity index (χ2n) is 3.47. The Bertz CT molecular complexity index is 214. The van der Waals surface area contributed by atoms with Gasteiger partial charge in [0.15, 0.2) is 0 Å². The molecule has 1 aliphatic heterocycles. The minimum absolute atomic E-state index is 0.0611. The number of aliphatic carboxylic acids is 2. The zero-order valence-electron chi connectivity index (χ0n) is 9.00. The first-order valence-electron chi connectivity index (χ1n) is 5.04. The Morgan fingerprint density at radius 3 is 1.94 bits per heavy atom. The third-order valence-corrected chi connectivity index (χ3v) is 2.19. The van der Waals surface area contributed by atoms with Gasteiger partial charge in [0, 0.05) is 26.2 Å². The molecule has 0 amide bonds. The number of nitrogens with zero attached hydrogens (tertiary/aromatic N) is 1. The number of piperidine rings is 1. The van der Waals surface area contributed by atoms with Crippen LogP contribution in [0, 0.1) is 0 Å². The topological polar surface area (TPSA) is 124 Å². The Balaban J connectivity index is 0.000000325. The van der Waals surface area contributed by atoms with Crippen molar-refractivity contribution < 1.29 is 24.9 Å². The minimum Gasteiger partial charge on any atom is -0.473 e. The van der Waals surface area contributed by atoms with Gasteiger partial charge in [0.25, 0.3) is 0 Å². The SMILES string of the molecule is NCCN1CCC(O)CC1.O=C(O)C(=O)O. The van der Waals surface area contributed by atoms with Gasteiger partial charge in [-0.3, -0.25) is 0 Å². The Hall–Kier alpha value is -1.18. The minimum atomic E-state index is -1.82. The van der Waals surface area contributed by atoms with E-state index in [-0.39, 0.29) is 6.10 Å². The van der Waals surface area contributed by atoms with Crippen molar-refractivity contribution in [2.24, 2.45) is 5.73 Å². The van der Waals surface area contributed by atoms with E-state index < -0.39 is 11.9 Å². The Labute approximate surface area is 93.5 Å². The fourth-order valence-electron chi connectivity index (χ4n) is 1.33. The van der Waals surface area contributed by atoms with Crippen molar-refractivity contribution in [1.29, 1.82) is 0 Å². The number of hydrogen-bond donors (Lipinski definition) is 4. The molecule has 94 valence electrons. The standard InChI is InChI=1S/C7H16N2O.C2H2O4/c8-3-6-9-4-1-7(10)2-5-9;3-1(4)2(5)6/h7,10H,1-6,8H2;(H,3,4)(H,5,6). The van der Waals surface area contributed by atoms with E-state index in [9.17, 15) is 0 Å². The van der Waals surface area contributed by atoms with Crippen LogP contribution in [0.3, 0.4) is 0 Å². The van der Waals surface area contributed by atoms with E-state index in [4.69, 9.17) is 30.6 Å². The van der Waals surface area contributed by atoms with Crippen LogP contribution in [0.25, 0.3) is 0 Å². The van der Waals surface area contributed by atoms with E-state index in [2.05, 4.69) is 4.90 Å². The van der Waals surface area contributed by atoms with Gasteiger partial charge >= 0.3 is 11.9 Å². The van der Waals surface area contributed by atoms with Crippen molar-refractivity contribution in [3.05, 3.63) is 0 Å². The molecule has 0 saturated carbocycles. The van der Waals surface area contributed by atoms with Crippen molar-refractivity contribution in [2.75, 3.05) is 26.2 Å². The molecule has 0 aromatic carbocycles. The van der Waals surface area contributed by atoms with Gasteiger partial charge in [-0.25, -0.2) is 9.59 Å². The van der Waals surface area contributed by atoms with Crippen molar-refractivity contribution in [3.63, 3.8) is 0 Å². The van der Waals surface area contributed by atoms with E-state index in [1.54, 1.807) is 0 Å². The lowest BCUT2D eigenvalue weighted by molar-refractivity contribution is -0.159. The molecule has 16 heavy (non-hydrogen) atoms. The predicted octanol–water partition coefficient (Wildman–Crippen LogP) is -1.44. The number of hydrogen-bond acceptors (Lipinski definition) is 5. The van der Waals surface area contributed by atoms with Gasteiger partial charge in [0.1, 0.15) is 0 Å². The van der Waals surface area contributed by atoms with E-state index in [1.807, 2.05) is 0 Å². The second kappa shape index (κ2) is 8.03. The number of carbonyl (C=O) groups is 2. The first kappa shape index (κ1) is 14.8. The van der Waals surface area contributed by atoms with Gasteiger partial charge < -0.3 is 26.0 Å². The summed E-state index contributed by atoms with van der Waals surface area (Å²) in [5.41, 5.74) is 5.39. The largest absolute Gasteiger partial charge is 0.473 e. The third kappa shape index (κ3) is 7.16. The van der Waals surface area contributed by atoms with Crippen LogP contribution in [0.15, 0.2) is 0 Å². The Morgan fingerprint density at radius 1 is 1.19 bits per heavy atom. The summed E-state index contributed by atoms with van der Waals surface area (Å²) in [5.74, 6) is -3.65. The lowest BCUT2D eigenvalue weighted by Gasteiger charge is -2.28. The van der Waals surface area contributed by atoms with Crippen LogP contribution in [0.4, 0.5) is 0 Å². The number of aliphatic hydroxyl groups excluding tert-OH is 1. The lowest BCUT2D eigenvalue weighted by Crippen LogP contribution is -2.38. The van der Waals surface area contributed by atoms with Gasteiger partial charge in [-0.15, -0.1) is 0 Å². The molecule has 0 aliphatic carbocycles. The first-order chi connectivity index (χ1) is 7.47. The summed E-state index contributed by atoms with van der Waals surface area (Å²) < 4.78 is 0. The van der Waals surface area contributed by atoms with Crippen LogP contribution in [0.2, 0.25) is 0 Å². The van der Waals surface area contributed by atoms with Crippen LogP contribution in [0.5, 0.6) is 0 Å². The number of rotatable bonds is 2. The summed E-state index contributed by atoms with van der Waals surface area (Å²) in [6.07, 6.45) is 1.77. The third-order valence-electron chi connectivity index (χ3n) is 2.19. The molecule has 0 spiro atoms. The number of nitrogens with two attached hydrogens (primary N) is 1. The number of likely N-dealkylation sites (tertiary alicyclic amines) is 1. The molecule has 0 atom stereocenters. The summed E-state index contributed by atoms with van der Waals surface area (Å²) in [4.78, 5) is 20.5. The molecule has 0 unspecified atom stereocenters. The molecule has 1 heterocycles. The summed E-state index contributed by atoms with van der Waals surface area (Å²) in [5, 5.41) is 23.9. The lowest BCUT2D eigenvalue weighted by atomic mass is 10.1. The maximum atomic E-state index is 9.14. The molecule has 1 fully saturated rings. The maximum absolute atomic E-state index is 9.14. The fraction of sp³-hybridized carbons (Fsp3) is 0.778. The monoisotopic (exact) mass is 234 g/mol. The van der Waals surface area contributed by atoms with E-state index in [0.717, 1.165) is 39.0 Å². The van der Waals surface area contributed by atoms with Crippen molar-refractivity contribution in [2.45, 2.75) is 18.9 Å². The first-order valence-corrected chi connectivity index (χ1v) is 5.04. The zero-order chi connectivity index (χ0) is 12.6. The molecule has 1 aliphatic rings. The van der Waals surface area contributed by atoms with Gasteiger partial charge in [-0.2, -0.15) is 0 Å². The Kier molecular flexibility index (Phi) is 7.44. The van der Waals surface area contributed by atoms with Crippen LogP contribution in [-0.2, 0) is 9.59 Å². The molecule has 1 rings (SSSR count). The highest BCUT2D eigenvalue weighted by atomic mass is 16.4. The summed E-state index contributed by atoms with van der Waals surface area (Å²) >= 11 is 0. The molecular formula is C9H18N2O5. The zero-order valence-corrected chi connectivity index (χ0v) is 9.00. The summed E-state index contributed by atoms with van der Waals surface area (Å²) in [6.45, 7) is 3.74. The molecule has 5 N–H and O–H groups in total. The normalized spacial score (nSPS) is 17.4. The van der Waals surface area contributed by atoms with E-state index in [0.29, 0.717) is 0 Å². The van der Waals surface area contributed by atoms with Crippen LogP contribution < -0.4 is 5.73 Å². The molecule has 0 aromatic rings. The predicted molar refractivity (Wildman–Crippen MR) is 56.0 cm³/mol. The highest BCUT2D eigenvalue weighted by molar-refractivity contribution is 6.27. The highest BCUT2D eigenvalue weighted by Crippen LogP contribution is 2.08. The number of carboxylic acid groups (broad SMARTS) is 2. The van der Waals surface area contributed by atoms with E-state index in [1.165, 1.54) is 0 Å². The molecule has 1 saturated heterocycles. The summed E-state index contributed by atoms with van der Waals surface area (Å²) in [6, 6.07) is 0. The Morgan fingerprint density at radius 2 is 1.62 bits per heavy atom. The van der Waals surface area contributed by atoms with Crippen LogP contribution >= 0.6 is 0 Å². The second-order valence-corrected chi connectivity index (χ2v) is 3.47. The van der Waals surface area contributed by atoms with Gasteiger partial charge in [0.2, 0.25) is 0 Å². The fourth-order valence-corrected chi connectivity index (χ4v) is 1.33. The quantitative estimate of drug-likeness (QED) is 0.431. The smallest absolute Gasteiger partial charge is 0.414 e. The average molecular weight is 234 g/mol. The molecule has 7 heteroatoms. The molecular weight excluding hydrogens is 216 g/mol.